The van der Waals surface area contributed by atoms with Gasteiger partial charge in [-0.3, -0.25) is 0 Å². The molecule has 0 saturated heterocycles. The summed E-state index contributed by atoms with van der Waals surface area (Å²) in [6, 6.07) is 13.2. The van der Waals surface area contributed by atoms with E-state index in [1.165, 1.54) is 11.8 Å². The van der Waals surface area contributed by atoms with Crippen LogP contribution in [-0.4, -0.2) is 29.9 Å². The van der Waals surface area contributed by atoms with Gasteiger partial charge in [-0.05, 0) is 54.9 Å². The van der Waals surface area contributed by atoms with Crippen LogP contribution < -0.4 is 15.4 Å². The third kappa shape index (κ3) is 5.52. The molecule has 0 spiro atoms. The van der Waals surface area contributed by atoms with Crippen LogP contribution in [0.15, 0.2) is 55.2 Å². The number of ether oxygens (including phenoxy) is 1. The normalized spacial score (nSPS) is 13.1. The number of hydrogen-bond donors (Lipinski definition) is 4. The first-order chi connectivity index (χ1) is 12.0. The highest BCUT2D eigenvalue weighted by Gasteiger charge is 2.12. The molecule has 2 atom stereocenters. The zero-order valence-electron chi connectivity index (χ0n) is 14.7. The molecule has 2 aromatic carbocycles. The van der Waals surface area contributed by atoms with Crippen molar-refractivity contribution in [3.8, 4) is 11.5 Å². The Morgan fingerprint density at radius 1 is 1.20 bits per heavy atom. The first kappa shape index (κ1) is 18.8. The van der Waals surface area contributed by atoms with E-state index >= 15 is 0 Å². The van der Waals surface area contributed by atoms with Crippen molar-refractivity contribution < 1.29 is 14.9 Å². The van der Waals surface area contributed by atoms with Crippen molar-refractivity contribution in [2.45, 2.75) is 25.5 Å². The molecule has 0 saturated carbocycles. The van der Waals surface area contributed by atoms with Gasteiger partial charge in [0.2, 0.25) is 0 Å². The summed E-state index contributed by atoms with van der Waals surface area (Å²) in [5, 5.41) is 26.3. The number of methoxy groups -OCH3 is 1. The Labute approximate surface area is 149 Å². The van der Waals surface area contributed by atoms with Gasteiger partial charge in [0.15, 0.2) is 0 Å². The number of rotatable bonds is 9. The van der Waals surface area contributed by atoms with E-state index in [0.29, 0.717) is 12.2 Å². The van der Waals surface area contributed by atoms with Crippen molar-refractivity contribution in [1.82, 2.24) is 5.32 Å². The molecule has 134 valence electrons. The second kappa shape index (κ2) is 9.11. The van der Waals surface area contributed by atoms with Crippen LogP contribution in [0.4, 0.5) is 5.69 Å². The summed E-state index contributed by atoms with van der Waals surface area (Å²) in [6.45, 7) is 6.08. The van der Waals surface area contributed by atoms with Crippen molar-refractivity contribution in [2.75, 3.05) is 19.0 Å². The number of benzene rings is 2. The monoisotopic (exact) mass is 342 g/mol. The fourth-order valence-electron chi connectivity index (χ4n) is 2.60. The summed E-state index contributed by atoms with van der Waals surface area (Å²) in [6.07, 6.45) is 1.68. The minimum atomic E-state index is -0.663. The molecule has 4 N–H and O–H groups in total. The largest absolute Gasteiger partial charge is 0.506 e. The smallest absolute Gasteiger partial charge is 0.139 e. The molecule has 0 radical (unpaired) electrons. The van der Waals surface area contributed by atoms with Crippen LogP contribution in [0.3, 0.4) is 0 Å². The average Bonchev–Trinajstić information content (AvgIpc) is 2.62. The maximum atomic E-state index is 10.4. The highest BCUT2D eigenvalue weighted by Crippen LogP contribution is 2.27. The van der Waals surface area contributed by atoms with Gasteiger partial charge in [-0.2, -0.15) is 0 Å². The number of phenolic OH excluding ortho intramolecular Hbond substituents is 1. The highest BCUT2D eigenvalue weighted by molar-refractivity contribution is 5.58. The average molecular weight is 342 g/mol. The van der Waals surface area contributed by atoms with Crippen molar-refractivity contribution >= 4 is 5.69 Å². The molecule has 0 aliphatic carbocycles. The molecule has 0 aliphatic rings. The Morgan fingerprint density at radius 3 is 2.56 bits per heavy atom. The van der Waals surface area contributed by atoms with Gasteiger partial charge in [-0.25, -0.2) is 0 Å². The van der Waals surface area contributed by atoms with Gasteiger partial charge in [-0.1, -0.05) is 24.8 Å². The zero-order valence-corrected chi connectivity index (χ0v) is 14.7. The minimum Gasteiger partial charge on any atom is -0.506 e. The molecule has 5 nitrogen and oxygen atoms in total. The summed E-state index contributed by atoms with van der Waals surface area (Å²) in [4.78, 5) is 0. The number of phenols is 1. The molecule has 0 heterocycles. The maximum absolute atomic E-state index is 10.4. The van der Waals surface area contributed by atoms with Crippen LogP contribution >= 0.6 is 0 Å². The Balaban J connectivity index is 1.88. The zero-order chi connectivity index (χ0) is 18.2. The van der Waals surface area contributed by atoms with Gasteiger partial charge in [0.25, 0.3) is 0 Å². The van der Waals surface area contributed by atoms with Crippen LogP contribution in [0.25, 0.3) is 0 Å². The lowest BCUT2D eigenvalue weighted by Crippen LogP contribution is -2.32. The molecule has 0 bridgehead atoms. The third-order valence-corrected chi connectivity index (χ3v) is 4.02. The van der Waals surface area contributed by atoms with Gasteiger partial charge in [0.1, 0.15) is 11.5 Å². The predicted molar refractivity (Wildman–Crippen MR) is 101 cm³/mol. The van der Waals surface area contributed by atoms with Gasteiger partial charge in [-0.15, -0.1) is 0 Å². The summed E-state index contributed by atoms with van der Waals surface area (Å²) in [7, 11) is 1.65. The van der Waals surface area contributed by atoms with Crippen molar-refractivity contribution in [3.63, 3.8) is 0 Å². The Kier molecular flexibility index (Phi) is 6.86. The fourth-order valence-corrected chi connectivity index (χ4v) is 2.60. The number of aliphatic hydroxyl groups excluding tert-OH is 1. The van der Waals surface area contributed by atoms with Crippen molar-refractivity contribution in [3.05, 3.63) is 66.4 Å². The SMILES string of the molecule is C=CNc1cc([C@H](O)CN[C@@H](C)Cc2ccc(OC)cc2)ccc1O. The number of nitrogens with one attached hydrogen (secondary N) is 2. The number of aliphatic hydroxyl groups is 1. The van der Waals surface area contributed by atoms with E-state index in [1.807, 2.05) is 24.3 Å². The third-order valence-electron chi connectivity index (χ3n) is 4.02. The van der Waals surface area contributed by atoms with Crippen LogP contribution in [-0.2, 0) is 6.42 Å². The molecular formula is C20H26N2O3. The van der Waals surface area contributed by atoms with E-state index in [-0.39, 0.29) is 11.8 Å². The highest BCUT2D eigenvalue weighted by atomic mass is 16.5. The lowest BCUT2D eigenvalue weighted by atomic mass is 10.1. The molecule has 5 heteroatoms. The van der Waals surface area contributed by atoms with Crippen molar-refractivity contribution in [2.24, 2.45) is 0 Å². The Bertz CT molecular complexity index is 686. The van der Waals surface area contributed by atoms with E-state index in [9.17, 15) is 10.2 Å². The second-order valence-corrected chi connectivity index (χ2v) is 6.00. The maximum Gasteiger partial charge on any atom is 0.139 e. The van der Waals surface area contributed by atoms with E-state index in [1.54, 1.807) is 25.3 Å². The minimum absolute atomic E-state index is 0.122. The number of hydrogen-bond acceptors (Lipinski definition) is 5. The number of anilines is 1. The molecular weight excluding hydrogens is 316 g/mol. The molecule has 2 rings (SSSR count). The molecule has 25 heavy (non-hydrogen) atoms. The van der Waals surface area contributed by atoms with Gasteiger partial charge < -0.3 is 25.6 Å². The first-order valence-electron chi connectivity index (χ1n) is 8.28. The Morgan fingerprint density at radius 2 is 1.92 bits per heavy atom. The van der Waals surface area contributed by atoms with E-state index in [2.05, 4.69) is 24.1 Å². The van der Waals surface area contributed by atoms with Gasteiger partial charge in [0, 0.05) is 12.6 Å². The topological polar surface area (TPSA) is 73.8 Å². The lowest BCUT2D eigenvalue weighted by Gasteiger charge is -2.18. The van der Waals surface area contributed by atoms with Crippen LogP contribution in [0.5, 0.6) is 11.5 Å². The Hall–Kier alpha value is -2.50. The van der Waals surface area contributed by atoms with Crippen LogP contribution in [0, 0.1) is 0 Å². The van der Waals surface area contributed by atoms with E-state index in [0.717, 1.165) is 17.7 Å². The second-order valence-electron chi connectivity index (χ2n) is 6.00. The van der Waals surface area contributed by atoms with Crippen molar-refractivity contribution in [1.29, 1.82) is 0 Å². The molecule has 0 aliphatic heterocycles. The lowest BCUT2D eigenvalue weighted by molar-refractivity contribution is 0.170. The predicted octanol–water partition coefficient (Wildman–Crippen LogP) is 3.21. The molecule has 0 unspecified atom stereocenters. The van der Waals surface area contributed by atoms with E-state index in [4.69, 9.17) is 4.74 Å². The standard InChI is InChI=1S/C20H26N2O3/c1-4-21-18-12-16(7-10-19(18)23)20(24)13-22-14(2)11-15-5-8-17(25-3)9-6-15/h4-10,12,14,20-24H,1,11,13H2,2-3H3/t14-,20+/m0/s1. The molecule has 2 aromatic rings. The summed E-state index contributed by atoms with van der Waals surface area (Å²) < 4.78 is 5.16. The molecule has 0 aromatic heterocycles. The van der Waals surface area contributed by atoms with E-state index < -0.39 is 6.10 Å². The summed E-state index contributed by atoms with van der Waals surface area (Å²) >= 11 is 0. The molecule has 0 fully saturated rings. The molecule has 0 amide bonds. The first-order valence-corrected chi connectivity index (χ1v) is 8.28. The van der Waals surface area contributed by atoms with Gasteiger partial charge in [0.05, 0.1) is 18.9 Å². The quantitative estimate of drug-likeness (QED) is 0.527. The fraction of sp³-hybridized carbons (Fsp3) is 0.300. The van der Waals surface area contributed by atoms with Crippen LogP contribution in [0.2, 0.25) is 0 Å². The number of aromatic hydroxyl groups is 1. The summed E-state index contributed by atoms with van der Waals surface area (Å²) in [5.74, 6) is 0.965. The van der Waals surface area contributed by atoms with Gasteiger partial charge >= 0.3 is 0 Å². The summed E-state index contributed by atoms with van der Waals surface area (Å²) in [5.41, 5.74) is 2.46. The van der Waals surface area contributed by atoms with Crippen LogP contribution in [0.1, 0.15) is 24.2 Å².